The van der Waals surface area contributed by atoms with Gasteiger partial charge in [-0.05, 0) is 42.7 Å². The van der Waals surface area contributed by atoms with E-state index < -0.39 is 0 Å². The van der Waals surface area contributed by atoms with Gasteiger partial charge in [-0.3, -0.25) is 4.79 Å². The summed E-state index contributed by atoms with van der Waals surface area (Å²) in [6.07, 6.45) is 3.27. The number of carbonyl (C=O) groups is 1. The smallest absolute Gasteiger partial charge is 0.195 e. The van der Waals surface area contributed by atoms with Gasteiger partial charge in [0, 0.05) is 5.56 Å². The van der Waals surface area contributed by atoms with Crippen molar-refractivity contribution in [1.29, 1.82) is 0 Å². The van der Waals surface area contributed by atoms with Crippen molar-refractivity contribution < 1.29 is 4.79 Å². The standard InChI is InChI=1S/C17H13ClN2OS/c1-12-14(9-10-15(21)16-8-5-11-22-16)17(18)20(19-12)13-6-3-2-4-7-13/h2-11H,1H3/b10-9+. The normalized spacial score (nSPS) is 11.2. The molecule has 0 aliphatic rings. The van der Waals surface area contributed by atoms with Crippen LogP contribution < -0.4 is 0 Å². The molecule has 0 spiro atoms. The number of allylic oxidation sites excluding steroid dienone is 1. The largest absolute Gasteiger partial charge is 0.288 e. The first-order chi connectivity index (χ1) is 10.7. The molecule has 1 aromatic carbocycles. The van der Waals surface area contributed by atoms with E-state index in [4.69, 9.17) is 11.6 Å². The highest BCUT2D eigenvalue weighted by molar-refractivity contribution is 7.12. The summed E-state index contributed by atoms with van der Waals surface area (Å²) in [6.45, 7) is 1.88. The number of rotatable bonds is 4. The molecule has 22 heavy (non-hydrogen) atoms. The second-order valence-corrected chi connectivity index (χ2v) is 6.02. The van der Waals surface area contributed by atoms with Gasteiger partial charge in [0.15, 0.2) is 5.78 Å². The first kappa shape index (κ1) is 14.8. The maximum Gasteiger partial charge on any atom is 0.195 e. The molecule has 3 rings (SSSR count). The summed E-state index contributed by atoms with van der Waals surface area (Å²) in [6, 6.07) is 13.3. The summed E-state index contributed by atoms with van der Waals surface area (Å²) in [5, 5.41) is 6.83. The highest BCUT2D eigenvalue weighted by atomic mass is 35.5. The summed E-state index contributed by atoms with van der Waals surface area (Å²) in [5.74, 6) is -0.0297. The summed E-state index contributed by atoms with van der Waals surface area (Å²) in [4.78, 5) is 12.7. The van der Waals surface area contributed by atoms with Crippen LogP contribution in [0, 0.1) is 6.92 Å². The molecule has 0 saturated carbocycles. The number of ketones is 1. The SMILES string of the molecule is Cc1nn(-c2ccccc2)c(Cl)c1/C=C/C(=O)c1cccs1. The lowest BCUT2D eigenvalue weighted by Crippen LogP contribution is -1.95. The zero-order valence-corrected chi connectivity index (χ0v) is 13.4. The fraction of sp³-hybridized carbons (Fsp3) is 0.0588. The van der Waals surface area contributed by atoms with Gasteiger partial charge in [-0.2, -0.15) is 5.10 Å². The van der Waals surface area contributed by atoms with Crippen LogP contribution in [0.2, 0.25) is 5.15 Å². The molecule has 0 unspecified atom stereocenters. The second-order valence-electron chi connectivity index (χ2n) is 4.71. The third kappa shape index (κ3) is 2.89. The number of para-hydroxylation sites is 1. The predicted octanol–water partition coefficient (Wildman–Crippen LogP) is 4.79. The van der Waals surface area contributed by atoms with Crippen LogP contribution >= 0.6 is 22.9 Å². The summed E-state index contributed by atoms with van der Waals surface area (Å²) in [5.41, 5.74) is 2.43. The zero-order valence-electron chi connectivity index (χ0n) is 11.9. The number of aromatic nitrogens is 2. The summed E-state index contributed by atoms with van der Waals surface area (Å²) >= 11 is 7.84. The minimum atomic E-state index is -0.0297. The highest BCUT2D eigenvalue weighted by Crippen LogP contribution is 2.25. The molecule has 0 atom stereocenters. The van der Waals surface area contributed by atoms with E-state index in [0.29, 0.717) is 10.0 Å². The Morgan fingerprint density at radius 1 is 1.23 bits per heavy atom. The van der Waals surface area contributed by atoms with Crippen molar-refractivity contribution in [2.24, 2.45) is 0 Å². The first-order valence-electron chi connectivity index (χ1n) is 6.73. The molecule has 0 aliphatic carbocycles. The lowest BCUT2D eigenvalue weighted by atomic mass is 10.2. The summed E-state index contributed by atoms with van der Waals surface area (Å²) in [7, 11) is 0. The van der Waals surface area contributed by atoms with E-state index in [2.05, 4.69) is 5.10 Å². The number of benzene rings is 1. The van der Waals surface area contributed by atoms with Gasteiger partial charge in [-0.15, -0.1) is 11.3 Å². The molecule has 0 aliphatic heterocycles. The van der Waals surface area contributed by atoms with Gasteiger partial charge >= 0.3 is 0 Å². The van der Waals surface area contributed by atoms with Crippen molar-refractivity contribution in [2.45, 2.75) is 6.92 Å². The number of aryl methyl sites for hydroxylation is 1. The Morgan fingerprint density at radius 3 is 2.68 bits per heavy atom. The quantitative estimate of drug-likeness (QED) is 0.509. The van der Waals surface area contributed by atoms with E-state index in [1.165, 1.54) is 17.4 Å². The molecule has 0 bridgehead atoms. The van der Waals surface area contributed by atoms with Crippen LogP contribution in [0.15, 0.2) is 53.9 Å². The molecule has 0 amide bonds. The molecule has 3 nitrogen and oxygen atoms in total. The number of carbonyl (C=O) groups excluding carboxylic acids is 1. The van der Waals surface area contributed by atoms with Crippen LogP contribution in [0.1, 0.15) is 20.9 Å². The molecule has 110 valence electrons. The average molecular weight is 329 g/mol. The molecular weight excluding hydrogens is 316 g/mol. The molecule has 2 aromatic heterocycles. The molecule has 0 radical (unpaired) electrons. The Hall–Kier alpha value is -2.17. The van der Waals surface area contributed by atoms with Gasteiger partial charge in [0.05, 0.1) is 16.3 Å². The van der Waals surface area contributed by atoms with Crippen molar-refractivity contribution in [3.05, 3.63) is 75.2 Å². The number of hydrogen-bond donors (Lipinski definition) is 0. The van der Waals surface area contributed by atoms with Gasteiger partial charge in [-0.1, -0.05) is 35.9 Å². The van der Waals surface area contributed by atoms with Crippen molar-refractivity contribution >= 4 is 34.8 Å². The van der Waals surface area contributed by atoms with Gasteiger partial charge in [-0.25, -0.2) is 4.68 Å². The van der Waals surface area contributed by atoms with Crippen molar-refractivity contribution in [3.63, 3.8) is 0 Å². The van der Waals surface area contributed by atoms with Crippen molar-refractivity contribution in [1.82, 2.24) is 9.78 Å². The highest BCUT2D eigenvalue weighted by Gasteiger charge is 2.13. The Balaban J connectivity index is 1.92. The molecule has 5 heteroatoms. The van der Waals surface area contributed by atoms with Crippen LogP contribution in [0.25, 0.3) is 11.8 Å². The lowest BCUT2D eigenvalue weighted by Gasteiger charge is -2.01. The van der Waals surface area contributed by atoms with Crippen LogP contribution in [0.5, 0.6) is 0 Å². The number of nitrogens with zero attached hydrogens (tertiary/aromatic N) is 2. The fourth-order valence-electron chi connectivity index (χ4n) is 2.10. The Kier molecular flexibility index (Phi) is 4.22. The Morgan fingerprint density at radius 2 is 2.00 bits per heavy atom. The van der Waals surface area contributed by atoms with Gasteiger partial charge < -0.3 is 0 Å². The van der Waals surface area contributed by atoms with E-state index >= 15 is 0 Å². The van der Waals surface area contributed by atoms with Gasteiger partial charge in [0.2, 0.25) is 0 Å². The minimum absolute atomic E-state index is 0.0297. The molecule has 2 heterocycles. The van der Waals surface area contributed by atoms with Crippen molar-refractivity contribution in [3.8, 4) is 5.69 Å². The van der Waals surface area contributed by atoms with Crippen LogP contribution in [0.3, 0.4) is 0 Å². The number of halogens is 1. The maximum absolute atomic E-state index is 12.0. The predicted molar refractivity (Wildman–Crippen MR) is 91.0 cm³/mol. The van der Waals surface area contributed by atoms with Crippen molar-refractivity contribution in [2.75, 3.05) is 0 Å². The Labute approximate surface area is 137 Å². The van der Waals surface area contributed by atoms with E-state index in [9.17, 15) is 4.79 Å². The van der Waals surface area contributed by atoms with Crippen LogP contribution in [0.4, 0.5) is 0 Å². The molecule has 0 fully saturated rings. The van der Waals surface area contributed by atoms with E-state index in [1.54, 1.807) is 16.8 Å². The third-order valence-corrected chi connectivity index (χ3v) is 4.46. The lowest BCUT2D eigenvalue weighted by molar-refractivity contribution is 0.105. The monoisotopic (exact) mass is 328 g/mol. The van der Waals surface area contributed by atoms with Gasteiger partial charge in [0.25, 0.3) is 0 Å². The first-order valence-corrected chi connectivity index (χ1v) is 7.99. The van der Waals surface area contributed by atoms with Crippen LogP contribution in [-0.2, 0) is 0 Å². The second kappa shape index (κ2) is 6.30. The zero-order chi connectivity index (χ0) is 15.5. The molecule has 0 N–H and O–H groups in total. The third-order valence-electron chi connectivity index (χ3n) is 3.21. The minimum Gasteiger partial charge on any atom is -0.288 e. The molecule has 3 aromatic rings. The molecule has 0 saturated heterocycles. The van der Waals surface area contributed by atoms with E-state index in [0.717, 1.165) is 16.9 Å². The van der Waals surface area contributed by atoms with Crippen LogP contribution in [-0.4, -0.2) is 15.6 Å². The fourth-order valence-corrected chi connectivity index (χ4v) is 3.08. The average Bonchev–Trinajstić information content (AvgIpc) is 3.15. The molecular formula is C17H13ClN2OS. The number of hydrogen-bond acceptors (Lipinski definition) is 3. The van der Waals surface area contributed by atoms with E-state index in [-0.39, 0.29) is 5.78 Å². The van der Waals surface area contributed by atoms with E-state index in [1.807, 2.05) is 48.7 Å². The maximum atomic E-state index is 12.0. The Bertz CT molecular complexity index is 820. The topological polar surface area (TPSA) is 34.9 Å². The summed E-state index contributed by atoms with van der Waals surface area (Å²) < 4.78 is 1.67. The number of thiophene rings is 1. The van der Waals surface area contributed by atoms with Gasteiger partial charge in [0.1, 0.15) is 5.15 Å².